The predicted molar refractivity (Wildman–Crippen MR) is 200 cm³/mol. The molecule has 0 radical (unpaired) electrons. The van der Waals surface area contributed by atoms with Crippen molar-refractivity contribution in [2.45, 2.75) is 33.1 Å². The summed E-state index contributed by atoms with van der Waals surface area (Å²) >= 11 is 2.72. The summed E-state index contributed by atoms with van der Waals surface area (Å²) in [5.74, 6) is -2.08. The fourth-order valence-electron chi connectivity index (χ4n) is 7.20. The van der Waals surface area contributed by atoms with E-state index in [-0.39, 0.29) is 17.2 Å². The Hall–Kier alpha value is -4.98. The number of carbonyl (C=O) groups excluding carboxylic acids is 3. The maximum Gasteiger partial charge on any atom is 0.265 e. The van der Waals surface area contributed by atoms with Crippen LogP contribution in [0.1, 0.15) is 59.2 Å². The number of hydrogen-bond donors (Lipinski definition) is 2. The molecule has 2 N–H and O–H groups in total. The Morgan fingerprint density at radius 3 is 2.37 bits per heavy atom. The van der Waals surface area contributed by atoms with Gasteiger partial charge in [-0.05, 0) is 98.8 Å². The van der Waals surface area contributed by atoms with E-state index in [9.17, 15) is 23.2 Å². The number of thiophene rings is 2. The van der Waals surface area contributed by atoms with E-state index < -0.39 is 23.2 Å². The average molecular weight is 740 g/mol. The monoisotopic (exact) mass is 739 g/mol. The van der Waals surface area contributed by atoms with Crippen LogP contribution < -0.4 is 20.4 Å². The van der Waals surface area contributed by atoms with Gasteiger partial charge in [-0.25, -0.2) is 13.8 Å². The Balaban J connectivity index is 0.976. The number of fused-ring (bicyclic) bond motifs is 3. The van der Waals surface area contributed by atoms with Crippen molar-refractivity contribution in [3.63, 3.8) is 0 Å². The van der Waals surface area contributed by atoms with Crippen LogP contribution >= 0.6 is 22.7 Å². The Kier molecular flexibility index (Phi) is 8.88. The summed E-state index contributed by atoms with van der Waals surface area (Å²) in [5.41, 5.74) is 3.89. The largest absolute Gasteiger partial charge is 0.381 e. The molecule has 13 heteroatoms. The molecule has 0 atom stereocenters. The van der Waals surface area contributed by atoms with Gasteiger partial charge in [0.25, 0.3) is 17.7 Å². The van der Waals surface area contributed by atoms with Crippen molar-refractivity contribution in [1.82, 2.24) is 4.98 Å². The first-order chi connectivity index (χ1) is 25.1. The molecule has 3 aliphatic rings. The van der Waals surface area contributed by atoms with E-state index in [1.807, 2.05) is 26.0 Å². The molecular formula is C39H35F2N5O4S2. The van der Waals surface area contributed by atoms with Gasteiger partial charge in [-0.15, -0.1) is 22.7 Å². The van der Waals surface area contributed by atoms with Crippen LogP contribution in [0.15, 0.2) is 66.9 Å². The third-order valence-corrected chi connectivity index (χ3v) is 12.2. The van der Waals surface area contributed by atoms with Gasteiger partial charge in [-0.2, -0.15) is 0 Å². The lowest BCUT2D eigenvalue weighted by atomic mass is 9.73. The maximum absolute atomic E-state index is 14.2. The molecule has 8 rings (SSSR count). The second-order valence-corrected chi connectivity index (χ2v) is 16.0. The molecule has 3 aromatic heterocycles. The van der Waals surface area contributed by atoms with Crippen LogP contribution in [0.3, 0.4) is 0 Å². The summed E-state index contributed by atoms with van der Waals surface area (Å²) in [5, 5.41) is 6.14. The summed E-state index contributed by atoms with van der Waals surface area (Å²) in [6, 6.07) is 15.9. The molecule has 2 aromatic carbocycles. The number of anilines is 4. The number of pyridine rings is 1. The van der Waals surface area contributed by atoms with E-state index >= 15 is 0 Å². The number of benzene rings is 2. The Morgan fingerprint density at radius 1 is 0.904 bits per heavy atom. The molecule has 0 unspecified atom stereocenters. The van der Waals surface area contributed by atoms with Crippen molar-refractivity contribution in [1.29, 1.82) is 0 Å². The average Bonchev–Trinajstić information content (AvgIpc) is 3.69. The third kappa shape index (κ3) is 6.37. The standard InChI is InChI=1S/C39H35F2N5O4S2/c1-22-16-28(34(42-19-22)45-20-39(21-45)11-14-50-15-12-39)35(47)43-26-8-6-24(7-9-26)37(49)46-13-10-25-18-31(52-33(25)27-17-23(2)51-38(27)46)36(48)44-32-29(40)4-3-5-30(32)41/h3-9,16-19H,10-15,20-21H2,1-2H3,(H,43,47)(H,44,48). The van der Waals surface area contributed by atoms with Crippen LogP contribution in [0, 0.1) is 30.9 Å². The number of ether oxygens (including phenoxy) is 1. The lowest BCUT2D eigenvalue weighted by Crippen LogP contribution is -2.59. The summed E-state index contributed by atoms with van der Waals surface area (Å²) in [6.45, 7) is 7.49. The van der Waals surface area contributed by atoms with Gasteiger partial charge in [-0.1, -0.05) is 6.07 Å². The lowest BCUT2D eigenvalue weighted by molar-refractivity contribution is -0.000511. The highest BCUT2D eigenvalue weighted by Gasteiger charge is 2.45. The number of aromatic nitrogens is 1. The molecule has 2 fully saturated rings. The van der Waals surface area contributed by atoms with Gasteiger partial charge in [0.05, 0.1) is 10.4 Å². The van der Waals surface area contributed by atoms with Crippen molar-refractivity contribution in [3.05, 3.63) is 111 Å². The maximum atomic E-state index is 14.2. The molecule has 2 saturated heterocycles. The van der Waals surface area contributed by atoms with E-state index in [2.05, 4.69) is 20.5 Å². The zero-order valence-electron chi connectivity index (χ0n) is 28.6. The summed E-state index contributed by atoms with van der Waals surface area (Å²) in [7, 11) is 0. The van der Waals surface area contributed by atoms with E-state index in [0.29, 0.717) is 40.5 Å². The van der Waals surface area contributed by atoms with Crippen LogP contribution in [0.4, 0.5) is 31.0 Å². The molecule has 0 bridgehead atoms. The normalized spacial score (nSPS) is 16.1. The highest BCUT2D eigenvalue weighted by Crippen LogP contribution is 2.47. The van der Waals surface area contributed by atoms with Crippen LogP contribution in [0.25, 0.3) is 10.4 Å². The van der Waals surface area contributed by atoms with Crippen LogP contribution in [-0.4, -0.2) is 55.6 Å². The highest BCUT2D eigenvalue weighted by atomic mass is 32.1. The summed E-state index contributed by atoms with van der Waals surface area (Å²) in [4.78, 5) is 51.4. The number of halogens is 2. The fraction of sp³-hybridized carbons (Fsp3) is 0.282. The molecular weight excluding hydrogens is 705 g/mol. The van der Waals surface area contributed by atoms with Gasteiger partial charge in [0.15, 0.2) is 0 Å². The number of para-hydroxylation sites is 1. The number of amides is 3. The molecule has 5 aromatic rings. The van der Waals surface area contributed by atoms with Crippen LogP contribution in [0.5, 0.6) is 0 Å². The first-order valence-corrected chi connectivity index (χ1v) is 18.7. The molecule has 3 amide bonds. The van der Waals surface area contributed by atoms with Crippen molar-refractivity contribution >= 4 is 62.6 Å². The third-order valence-electron chi connectivity index (χ3n) is 9.95. The van der Waals surface area contributed by atoms with E-state index in [4.69, 9.17) is 4.74 Å². The van der Waals surface area contributed by atoms with E-state index in [1.54, 1.807) is 41.4 Å². The minimum absolute atomic E-state index is 0.186. The van der Waals surface area contributed by atoms with Crippen molar-refractivity contribution < 1.29 is 27.9 Å². The topological polar surface area (TPSA) is 104 Å². The van der Waals surface area contributed by atoms with E-state index in [1.165, 1.54) is 28.7 Å². The summed E-state index contributed by atoms with van der Waals surface area (Å²) < 4.78 is 34.0. The number of nitrogens with zero attached hydrogens (tertiary/aromatic N) is 3. The molecule has 6 heterocycles. The van der Waals surface area contributed by atoms with Crippen LogP contribution in [-0.2, 0) is 11.2 Å². The van der Waals surface area contributed by atoms with Gasteiger partial charge in [0.1, 0.15) is 28.1 Å². The van der Waals surface area contributed by atoms with Gasteiger partial charge in [0.2, 0.25) is 0 Å². The summed E-state index contributed by atoms with van der Waals surface area (Å²) in [6.07, 6.45) is 4.30. The Morgan fingerprint density at radius 2 is 1.63 bits per heavy atom. The molecule has 3 aliphatic heterocycles. The molecule has 0 saturated carbocycles. The molecule has 9 nitrogen and oxygen atoms in total. The highest BCUT2D eigenvalue weighted by molar-refractivity contribution is 7.20. The second kappa shape index (κ2) is 13.5. The number of carbonyl (C=O) groups is 3. The van der Waals surface area contributed by atoms with Gasteiger partial charge >= 0.3 is 0 Å². The number of aryl methyl sites for hydroxylation is 2. The number of nitrogens with one attached hydrogen (secondary N) is 2. The van der Waals surface area contributed by atoms with E-state index in [0.717, 1.165) is 82.7 Å². The fourth-order valence-corrected chi connectivity index (χ4v) is 9.43. The molecule has 52 heavy (non-hydrogen) atoms. The van der Waals surface area contributed by atoms with Crippen molar-refractivity contribution in [3.8, 4) is 10.4 Å². The Labute approximate surface area is 307 Å². The lowest BCUT2D eigenvalue weighted by Gasteiger charge is -2.53. The minimum atomic E-state index is -0.852. The van der Waals surface area contributed by atoms with Crippen molar-refractivity contribution in [2.75, 3.05) is 53.3 Å². The number of rotatable bonds is 6. The smallest absolute Gasteiger partial charge is 0.265 e. The van der Waals surface area contributed by atoms with Crippen molar-refractivity contribution in [2.24, 2.45) is 5.41 Å². The zero-order chi connectivity index (χ0) is 36.1. The second-order valence-electron chi connectivity index (χ2n) is 13.7. The zero-order valence-corrected chi connectivity index (χ0v) is 30.2. The first kappa shape index (κ1) is 34.1. The first-order valence-electron chi connectivity index (χ1n) is 17.1. The van der Waals surface area contributed by atoms with Gasteiger partial charge in [0, 0.05) is 71.0 Å². The predicted octanol–water partition coefficient (Wildman–Crippen LogP) is 8.09. The molecule has 266 valence electrons. The quantitative estimate of drug-likeness (QED) is 0.183. The minimum Gasteiger partial charge on any atom is -0.381 e. The van der Waals surface area contributed by atoms with Crippen LogP contribution in [0.2, 0.25) is 0 Å². The molecule has 0 aliphatic carbocycles. The number of hydrogen-bond acceptors (Lipinski definition) is 8. The Bertz CT molecular complexity index is 2200. The van der Waals surface area contributed by atoms with Gasteiger partial charge < -0.3 is 20.3 Å². The molecule has 1 spiro atoms. The SMILES string of the molecule is Cc1cnc(N2CC3(CCOCC3)C2)c(C(=O)Nc2ccc(C(=O)N3CCc4cc(C(=O)Nc5c(F)cccc5F)sc4-c4cc(C)sc43)cc2)c1. The van der Waals surface area contributed by atoms with Gasteiger partial charge in [-0.3, -0.25) is 19.3 Å².